The lowest BCUT2D eigenvalue weighted by Gasteiger charge is -2.49. The Morgan fingerprint density at radius 2 is 2.06 bits per heavy atom. The smallest absolute Gasteiger partial charge is 0.0856 e. The second-order valence-corrected chi connectivity index (χ2v) is 6.69. The molecule has 3 N–H and O–H groups in total. The van der Waals surface area contributed by atoms with E-state index in [1.807, 2.05) is 0 Å². The first-order valence-corrected chi connectivity index (χ1v) is 7.05. The minimum absolute atomic E-state index is 0.0380. The van der Waals surface area contributed by atoms with Crippen molar-refractivity contribution in [3.05, 3.63) is 0 Å². The number of rotatable bonds is 2. The Kier molecular flexibility index (Phi) is 3.54. The van der Waals surface area contributed by atoms with Gasteiger partial charge in [-0.05, 0) is 39.2 Å². The first kappa shape index (κ1) is 13.3. The third-order valence-corrected chi connectivity index (χ3v) is 5.37. The van der Waals surface area contributed by atoms with Gasteiger partial charge in [-0.1, -0.05) is 19.8 Å². The van der Waals surface area contributed by atoms with Crippen LogP contribution in [0, 0.1) is 11.3 Å². The Balaban J connectivity index is 2.22. The van der Waals surface area contributed by atoms with Gasteiger partial charge in [-0.15, -0.1) is 0 Å². The summed E-state index contributed by atoms with van der Waals surface area (Å²) in [6.45, 7) is 5.93. The molecule has 17 heavy (non-hydrogen) atoms. The van der Waals surface area contributed by atoms with Crippen molar-refractivity contribution in [2.75, 3.05) is 20.1 Å². The molecule has 0 bridgehead atoms. The Morgan fingerprint density at radius 3 is 2.53 bits per heavy atom. The third-order valence-electron chi connectivity index (χ3n) is 5.37. The Labute approximate surface area is 105 Å². The maximum Gasteiger partial charge on any atom is 0.0856 e. The number of likely N-dealkylation sites (N-methyl/N-ethyl adjacent to an activating group) is 1. The van der Waals surface area contributed by atoms with Crippen molar-refractivity contribution in [1.29, 1.82) is 0 Å². The summed E-state index contributed by atoms with van der Waals surface area (Å²) >= 11 is 0. The number of nitrogens with two attached hydrogens (primary N) is 1. The molecule has 4 atom stereocenters. The second-order valence-electron chi connectivity index (χ2n) is 6.69. The number of hydrogen-bond donors (Lipinski definition) is 2. The fourth-order valence-corrected chi connectivity index (χ4v) is 4.12. The molecule has 0 aromatic heterocycles. The molecule has 1 saturated heterocycles. The molecule has 3 heteroatoms. The molecule has 0 radical (unpaired) electrons. The van der Waals surface area contributed by atoms with Gasteiger partial charge in [0.05, 0.1) is 5.60 Å². The van der Waals surface area contributed by atoms with Gasteiger partial charge in [-0.2, -0.15) is 0 Å². The van der Waals surface area contributed by atoms with E-state index in [2.05, 4.69) is 25.8 Å². The van der Waals surface area contributed by atoms with Crippen LogP contribution in [0.2, 0.25) is 0 Å². The molecule has 0 amide bonds. The summed E-state index contributed by atoms with van der Waals surface area (Å²) in [5.74, 6) is 0.706. The number of nitrogens with zero attached hydrogens (tertiary/aromatic N) is 1. The molecule has 2 fully saturated rings. The number of β-amino-alcohol motifs (C(OH)–C–C–N with tert-alkyl or cyclic N) is 1. The summed E-state index contributed by atoms with van der Waals surface area (Å²) in [6.07, 6.45) is 5.60. The molecule has 2 aliphatic rings. The minimum atomic E-state index is -0.565. The zero-order chi connectivity index (χ0) is 12.7. The first-order chi connectivity index (χ1) is 7.92. The Hall–Kier alpha value is -0.120. The highest BCUT2D eigenvalue weighted by atomic mass is 16.3. The summed E-state index contributed by atoms with van der Waals surface area (Å²) in [5, 5.41) is 11.1. The van der Waals surface area contributed by atoms with E-state index in [1.54, 1.807) is 0 Å². The molecule has 0 aromatic rings. The van der Waals surface area contributed by atoms with Crippen molar-refractivity contribution in [2.24, 2.45) is 17.1 Å². The lowest BCUT2D eigenvalue weighted by molar-refractivity contribution is -0.0980. The summed E-state index contributed by atoms with van der Waals surface area (Å²) in [5.41, 5.74) is 5.47. The van der Waals surface area contributed by atoms with Crippen LogP contribution < -0.4 is 5.73 Å². The fourth-order valence-electron chi connectivity index (χ4n) is 4.12. The van der Waals surface area contributed by atoms with Gasteiger partial charge in [0.15, 0.2) is 0 Å². The summed E-state index contributed by atoms with van der Waals surface area (Å²) in [6, 6.07) is 0.473. The van der Waals surface area contributed by atoms with Gasteiger partial charge >= 0.3 is 0 Å². The van der Waals surface area contributed by atoms with Crippen LogP contribution in [0.1, 0.15) is 46.0 Å². The third kappa shape index (κ3) is 2.13. The van der Waals surface area contributed by atoms with Crippen molar-refractivity contribution in [2.45, 2.75) is 57.6 Å². The van der Waals surface area contributed by atoms with Crippen LogP contribution in [0.4, 0.5) is 0 Å². The van der Waals surface area contributed by atoms with Gasteiger partial charge in [0.1, 0.15) is 0 Å². The van der Waals surface area contributed by atoms with Crippen molar-refractivity contribution in [3.63, 3.8) is 0 Å². The average Bonchev–Trinajstić information content (AvgIpc) is 2.54. The summed E-state index contributed by atoms with van der Waals surface area (Å²) < 4.78 is 0. The van der Waals surface area contributed by atoms with E-state index in [4.69, 9.17) is 5.73 Å². The van der Waals surface area contributed by atoms with Crippen molar-refractivity contribution >= 4 is 0 Å². The van der Waals surface area contributed by atoms with Crippen LogP contribution >= 0.6 is 0 Å². The van der Waals surface area contributed by atoms with Gasteiger partial charge in [-0.3, -0.25) is 0 Å². The SMILES string of the molecule is CC1CCCC(CN)(C2(O)CC(C)N(C)C2)C1. The van der Waals surface area contributed by atoms with E-state index in [0.29, 0.717) is 18.5 Å². The molecule has 1 aliphatic carbocycles. The zero-order valence-electron chi connectivity index (χ0n) is 11.6. The maximum absolute atomic E-state index is 11.1. The summed E-state index contributed by atoms with van der Waals surface area (Å²) in [7, 11) is 2.11. The number of aliphatic hydroxyl groups is 1. The van der Waals surface area contributed by atoms with Gasteiger partial charge in [-0.25, -0.2) is 0 Å². The lowest BCUT2D eigenvalue weighted by atomic mass is 9.60. The van der Waals surface area contributed by atoms with Gasteiger partial charge < -0.3 is 15.7 Å². The van der Waals surface area contributed by atoms with Crippen LogP contribution in [0.15, 0.2) is 0 Å². The monoisotopic (exact) mass is 240 g/mol. The normalized spacial score (nSPS) is 48.5. The lowest BCUT2D eigenvalue weighted by Crippen LogP contribution is -2.56. The van der Waals surface area contributed by atoms with E-state index in [-0.39, 0.29) is 5.41 Å². The second kappa shape index (κ2) is 4.52. The van der Waals surface area contributed by atoms with Crippen LogP contribution in [0.3, 0.4) is 0 Å². The molecule has 0 spiro atoms. The van der Waals surface area contributed by atoms with Crippen LogP contribution in [-0.4, -0.2) is 41.8 Å². The highest BCUT2D eigenvalue weighted by Gasteiger charge is 2.54. The standard InChI is InChI=1S/C14H28N2O/c1-11-5-4-6-13(7-11,9-15)14(17)8-12(2)16(3)10-14/h11-12,17H,4-10,15H2,1-3H3. The van der Waals surface area contributed by atoms with E-state index < -0.39 is 5.60 Å². The van der Waals surface area contributed by atoms with Crippen LogP contribution in [-0.2, 0) is 0 Å². The molecular formula is C14H28N2O. The predicted octanol–water partition coefficient (Wildman–Crippen LogP) is 1.60. The molecule has 2 rings (SSSR count). The number of likely N-dealkylation sites (tertiary alicyclic amines) is 1. The van der Waals surface area contributed by atoms with Crippen molar-refractivity contribution in [1.82, 2.24) is 4.90 Å². The van der Waals surface area contributed by atoms with E-state index >= 15 is 0 Å². The molecular weight excluding hydrogens is 212 g/mol. The molecule has 0 aromatic carbocycles. The quantitative estimate of drug-likeness (QED) is 0.771. The van der Waals surface area contributed by atoms with Crippen molar-refractivity contribution in [3.8, 4) is 0 Å². The maximum atomic E-state index is 11.1. The topological polar surface area (TPSA) is 49.5 Å². The predicted molar refractivity (Wildman–Crippen MR) is 70.8 cm³/mol. The summed E-state index contributed by atoms with van der Waals surface area (Å²) in [4.78, 5) is 2.27. The van der Waals surface area contributed by atoms with E-state index in [0.717, 1.165) is 25.8 Å². The molecule has 100 valence electrons. The van der Waals surface area contributed by atoms with Gasteiger partial charge in [0.25, 0.3) is 0 Å². The molecule has 1 saturated carbocycles. The zero-order valence-corrected chi connectivity index (χ0v) is 11.6. The number of hydrogen-bond acceptors (Lipinski definition) is 3. The van der Waals surface area contributed by atoms with E-state index in [9.17, 15) is 5.11 Å². The molecule has 4 unspecified atom stereocenters. The first-order valence-electron chi connectivity index (χ1n) is 7.05. The molecule has 1 aliphatic heterocycles. The van der Waals surface area contributed by atoms with Gasteiger partial charge in [0.2, 0.25) is 0 Å². The Bertz CT molecular complexity index is 271. The largest absolute Gasteiger partial charge is 0.388 e. The van der Waals surface area contributed by atoms with Crippen molar-refractivity contribution < 1.29 is 5.11 Å². The average molecular weight is 240 g/mol. The Morgan fingerprint density at radius 1 is 1.35 bits per heavy atom. The van der Waals surface area contributed by atoms with Crippen LogP contribution in [0.25, 0.3) is 0 Å². The fraction of sp³-hybridized carbons (Fsp3) is 1.00. The van der Waals surface area contributed by atoms with E-state index in [1.165, 1.54) is 12.8 Å². The highest BCUT2D eigenvalue weighted by molar-refractivity contribution is 5.08. The highest BCUT2D eigenvalue weighted by Crippen LogP contribution is 2.50. The minimum Gasteiger partial charge on any atom is -0.388 e. The molecule has 3 nitrogen and oxygen atoms in total. The van der Waals surface area contributed by atoms with Crippen LogP contribution in [0.5, 0.6) is 0 Å². The molecule has 1 heterocycles. The van der Waals surface area contributed by atoms with Gasteiger partial charge in [0, 0.05) is 24.5 Å².